The number of aromatic nitrogens is 2. The first kappa shape index (κ1) is 23.2. The van der Waals surface area contributed by atoms with Crippen LogP contribution in [0.5, 0.6) is 5.75 Å². The number of rotatable bonds is 12. The van der Waals surface area contributed by atoms with Gasteiger partial charge in [0.05, 0.1) is 26.9 Å². The molecular weight excluding hydrogens is 392 g/mol. The normalized spacial score (nSPS) is 12.0. The second-order valence-corrected chi connectivity index (χ2v) is 7.64. The lowest BCUT2D eigenvalue weighted by atomic mass is 10.1. The van der Waals surface area contributed by atoms with E-state index in [1.54, 1.807) is 0 Å². The van der Waals surface area contributed by atoms with E-state index in [1.165, 1.54) is 7.11 Å². The number of aliphatic hydroxyl groups is 1. The Balaban J connectivity index is 1.94. The summed E-state index contributed by atoms with van der Waals surface area (Å²) in [6.07, 6.45) is 4.12. The average molecular weight is 423 g/mol. The molecule has 1 aromatic heterocycles. The van der Waals surface area contributed by atoms with Crippen LogP contribution in [0.1, 0.15) is 56.6 Å². The van der Waals surface area contributed by atoms with Gasteiger partial charge in [-0.05, 0) is 36.5 Å². The van der Waals surface area contributed by atoms with Gasteiger partial charge in [-0.25, -0.2) is 4.98 Å². The molecule has 1 unspecified atom stereocenters. The molecule has 1 atom stereocenters. The number of hydrogen-bond acceptors (Lipinski definition) is 5. The van der Waals surface area contributed by atoms with Crippen LogP contribution in [0.4, 0.5) is 0 Å². The second kappa shape index (κ2) is 11.8. The maximum Gasteiger partial charge on any atom is 0.305 e. The smallest absolute Gasteiger partial charge is 0.305 e. The van der Waals surface area contributed by atoms with E-state index >= 15 is 0 Å². The third-order valence-electron chi connectivity index (χ3n) is 4.84. The van der Waals surface area contributed by atoms with Gasteiger partial charge in [-0.2, -0.15) is 0 Å². The first-order chi connectivity index (χ1) is 14.0. The third-order valence-corrected chi connectivity index (χ3v) is 5.26. The lowest BCUT2D eigenvalue weighted by molar-refractivity contribution is -0.141. The molecule has 0 amide bonds. The summed E-state index contributed by atoms with van der Waals surface area (Å²) in [6.45, 7) is 5.13. The Morgan fingerprint density at radius 2 is 2.03 bits per heavy atom. The van der Waals surface area contributed by atoms with Crippen LogP contribution in [0.3, 0.4) is 0 Å². The molecule has 0 radical (unpaired) electrons. The van der Waals surface area contributed by atoms with Crippen molar-refractivity contribution >= 4 is 17.6 Å². The van der Waals surface area contributed by atoms with Crippen LogP contribution in [0.25, 0.3) is 0 Å². The molecule has 7 heteroatoms. The fourth-order valence-electron chi connectivity index (χ4n) is 3.04. The van der Waals surface area contributed by atoms with Gasteiger partial charge < -0.3 is 19.1 Å². The topological polar surface area (TPSA) is 73.6 Å². The van der Waals surface area contributed by atoms with Gasteiger partial charge in [0.25, 0.3) is 0 Å². The quantitative estimate of drug-likeness (QED) is 0.513. The zero-order chi connectivity index (χ0) is 21.2. The van der Waals surface area contributed by atoms with Crippen LogP contribution in [-0.4, -0.2) is 34.3 Å². The number of unbranched alkanes of at least 4 members (excludes halogenated alkanes) is 1. The van der Waals surface area contributed by atoms with Crippen molar-refractivity contribution in [2.45, 2.75) is 59.1 Å². The van der Waals surface area contributed by atoms with Crippen molar-refractivity contribution in [3.8, 4) is 5.75 Å². The molecule has 160 valence electrons. The summed E-state index contributed by atoms with van der Waals surface area (Å²) in [7, 11) is 1.40. The van der Waals surface area contributed by atoms with Crippen LogP contribution in [-0.2, 0) is 29.1 Å². The molecule has 1 aromatic carbocycles. The fraction of sp³-hybridized carbons (Fsp3) is 0.545. The van der Waals surface area contributed by atoms with Gasteiger partial charge in [-0.1, -0.05) is 44.0 Å². The number of hydrogen-bond donors (Lipinski definition) is 1. The summed E-state index contributed by atoms with van der Waals surface area (Å²) < 4.78 is 12.4. The van der Waals surface area contributed by atoms with Crippen molar-refractivity contribution in [1.82, 2.24) is 9.55 Å². The van der Waals surface area contributed by atoms with Crippen molar-refractivity contribution < 1.29 is 19.4 Å². The van der Waals surface area contributed by atoms with Crippen LogP contribution in [0.15, 0.2) is 24.3 Å². The number of imidazole rings is 1. The highest BCUT2D eigenvalue weighted by Gasteiger charge is 2.15. The number of esters is 1. The summed E-state index contributed by atoms with van der Waals surface area (Å²) in [5.74, 6) is 1.72. The first-order valence-corrected chi connectivity index (χ1v) is 10.5. The standard InChI is InChI=1S/C22H31ClN2O4/c1-4-5-6-20-24-19(15-26)22(23)25(20)14-17-7-9-18(10-8-17)29-12-11-16(2)13-21(27)28-3/h7-10,16,26H,4-6,11-15H2,1-3H3. The molecule has 2 rings (SSSR count). The van der Waals surface area contributed by atoms with Crippen molar-refractivity contribution in [2.24, 2.45) is 5.92 Å². The van der Waals surface area contributed by atoms with Crippen molar-refractivity contribution in [1.29, 1.82) is 0 Å². The van der Waals surface area contributed by atoms with Crippen molar-refractivity contribution in [2.75, 3.05) is 13.7 Å². The Bertz CT molecular complexity index is 774. The van der Waals surface area contributed by atoms with E-state index in [2.05, 4.69) is 16.6 Å². The summed E-state index contributed by atoms with van der Waals surface area (Å²) in [5, 5.41) is 9.96. The zero-order valence-electron chi connectivity index (χ0n) is 17.5. The van der Waals surface area contributed by atoms with E-state index < -0.39 is 0 Å². The Morgan fingerprint density at radius 3 is 2.66 bits per heavy atom. The fourth-order valence-corrected chi connectivity index (χ4v) is 3.30. The highest BCUT2D eigenvalue weighted by molar-refractivity contribution is 6.30. The van der Waals surface area contributed by atoms with Crippen LogP contribution in [0, 0.1) is 5.92 Å². The van der Waals surface area contributed by atoms with Gasteiger partial charge >= 0.3 is 5.97 Å². The third kappa shape index (κ3) is 7.05. The molecule has 0 saturated heterocycles. The average Bonchev–Trinajstić information content (AvgIpc) is 3.02. The maximum atomic E-state index is 11.3. The highest BCUT2D eigenvalue weighted by Crippen LogP contribution is 2.22. The molecule has 29 heavy (non-hydrogen) atoms. The molecule has 0 aliphatic rings. The van der Waals surface area contributed by atoms with Crippen molar-refractivity contribution in [3.05, 3.63) is 46.5 Å². The van der Waals surface area contributed by atoms with E-state index in [-0.39, 0.29) is 18.5 Å². The number of halogens is 1. The van der Waals surface area contributed by atoms with E-state index in [0.29, 0.717) is 30.4 Å². The minimum atomic E-state index is -0.192. The maximum absolute atomic E-state index is 11.3. The number of aliphatic hydroxyl groups excluding tert-OH is 1. The number of benzene rings is 1. The summed E-state index contributed by atoms with van der Waals surface area (Å²) in [5.41, 5.74) is 1.61. The molecule has 6 nitrogen and oxygen atoms in total. The number of aryl methyl sites for hydroxylation is 1. The first-order valence-electron chi connectivity index (χ1n) is 10.1. The second-order valence-electron chi connectivity index (χ2n) is 7.28. The molecule has 0 fully saturated rings. The predicted molar refractivity (Wildman–Crippen MR) is 113 cm³/mol. The van der Waals surface area contributed by atoms with E-state index in [0.717, 1.165) is 42.8 Å². The van der Waals surface area contributed by atoms with Gasteiger partial charge in [0.2, 0.25) is 0 Å². The summed E-state index contributed by atoms with van der Waals surface area (Å²) >= 11 is 6.42. The number of ether oxygens (including phenoxy) is 2. The molecule has 1 heterocycles. The van der Waals surface area contributed by atoms with Gasteiger partial charge in [-0.3, -0.25) is 4.79 Å². The lowest BCUT2D eigenvalue weighted by Gasteiger charge is -2.12. The number of carbonyl (C=O) groups is 1. The van der Waals surface area contributed by atoms with E-state index in [4.69, 9.17) is 16.3 Å². The molecule has 0 saturated carbocycles. The minimum absolute atomic E-state index is 0.161. The van der Waals surface area contributed by atoms with E-state index in [1.807, 2.05) is 35.8 Å². The molecule has 0 aliphatic heterocycles. The van der Waals surface area contributed by atoms with Crippen LogP contribution < -0.4 is 4.74 Å². The Kier molecular flexibility index (Phi) is 9.48. The summed E-state index contributed by atoms with van der Waals surface area (Å²) in [6, 6.07) is 7.88. The highest BCUT2D eigenvalue weighted by atomic mass is 35.5. The molecule has 0 bridgehead atoms. The molecule has 1 N–H and O–H groups in total. The van der Waals surface area contributed by atoms with Gasteiger partial charge in [0, 0.05) is 12.8 Å². The Morgan fingerprint density at radius 1 is 1.31 bits per heavy atom. The molecular formula is C22H31ClN2O4. The van der Waals surface area contributed by atoms with Crippen LogP contribution in [0.2, 0.25) is 5.15 Å². The van der Waals surface area contributed by atoms with Gasteiger partial charge in [0.15, 0.2) is 0 Å². The number of nitrogens with zero attached hydrogens (tertiary/aromatic N) is 2. The van der Waals surface area contributed by atoms with Gasteiger partial charge in [-0.15, -0.1) is 0 Å². The lowest BCUT2D eigenvalue weighted by Crippen LogP contribution is -2.10. The SMILES string of the molecule is CCCCc1nc(CO)c(Cl)n1Cc1ccc(OCCC(C)CC(=O)OC)cc1. The van der Waals surface area contributed by atoms with Crippen molar-refractivity contribution in [3.63, 3.8) is 0 Å². The monoisotopic (exact) mass is 422 g/mol. The molecule has 2 aromatic rings. The molecule has 0 aliphatic carbocycles. The Labute approximate surface area is 177 Å². The Hall–Kier alpha value is -2.05. The van der Waals surface area contributed by atoms with Crippen LogP contribution >= 0.6 is 11.6 Å². The minimum Gasteiger partial charge on any atom is -0.494 e. The van der Waals surface area contributed by atoms with Gasteiger partial charge in [0.1, 0.15) is 22.4 Å². The predicted octanol–water partition coefficient (Wildman–Crippen LogP) is 4.39. The number of methoxy groups -OCH3 is 1. The van der Waals surface area contributed by atoms with E-state index in [9.17, 15) is 9.90 Å². The number of carbonyl (C=O) groups excluding carboxylic acids is 1. The summed E-state index contributed by atoms with van der Waals surface area (Å²) in [4.78, 5) is 15.8. The zero-order valence-corrected chi connectivity index (χ0v) is 18.2. The largest absolute Gasteiger partial charge is 0.494 e. The molecule has 0 spiro atoms.